The normalized spacial score (nSPS) is 15.2. The molecule has 20 heavy (non-hydrogen) atoms. The Morgan fingerprint density at radius 2 is 1.65 bits per heavy atom. The number of nitrogens with one attached hydrogen (secondary N) is 1. The molecule has 0 radical (unpaired) electrons. The van der Waals surface area contributed by atoms with Crippen molar-refractivity contribution < 1.29 is 4.39 Å². The fourth-order valence-electron chi connectivity index (χ4n) is 2.73. The second-order valence-electron chi connectivity index (χ2n) is 7.07. The minimum Gasteiger partial charge on any atom is -0.310 e. The molecule has 1 N–H and O–H groups in total. The first kappa shape index (κ1) is 17.2. The highest BCUT2D eigenvalue weighted by molar-refractivity contribution is 5.37. The maximum absolute atomic E-state index is 13.5. The van der Waals surface area contributed by atoms with Crippen molar-refractivity contribution in [1.29, 1.82) is 0 Å². The summed E-state index contributed by atoms with van der Waals surface area (Å²) in [7, 11) is 0. The van der Waals surface area contributed by atoms with Crippen LogP contribution in [0.4, 0.5) is 4.39 Å². The molecule has 2 atom stereocenters. The van der Waals surface area contributed by atoms with Crippen molar-refractivity contribution in [2.24, 2.45) is 11.3 Å². The fourth-order valence-corrected chi connectivity index (χ4v) is 2.73. The van der Waals surface area contributed by atoms with Gasteiger partial charge in [-0.25, -0.2) is 4.39 Å². The van der Waals surface area contributed by atoms with Crippen LogP contribution in [0.25, 0.3) is 0 Å². The molecule has 0 aliphatic carbocycles. The zero-order chi connectivity index (χ0) is 15.5. The Bertz CT molecular complexity index is 422. The maximum atomic E-state index is 13.5. The topological polar surface area (TPSA) is 12.0 Å². The summed E-state index contributed by atoms with van der Waals surface area (Å²) in [6.45, 7) is 16.2. The second-order valence-corrected chi connectivity index (χ2v) is 7.07. The van der Waals surface area contributed by atoms with Crippen molar-refractivity contribution in [2.75, 3.05) is 6.54 Å². The van der Waals surface area contributed by atoms with E-state index in [4.69, 9.17) is 0 Å². The summed E-state index contributed by atoms with van der Waals surface area (Å²) in [5.41, 5.74) is 3.66. The first-order valence-corrected chi connectivity index (χ1v) is 7.66. The number of halogens is 1. The smallest absolute Gasteiger partial charge is 0.123 e. The highest BCUT2D eigenvalue weighted by Gasteiger charge is 2.25. The lowest BCUT2D eigenvalue weighted by molar-refractivity contribution is 0.223. The minimum absolute atomic E-state index is 0.136. The van der Waals surface area contributed by atoms with Crippen LogP contribution in [0, 0.1) is 31.0 Å². The molecule has 114 valence electrons. The number of hydrogen-bond donors (Lipinski definition) is 1. The van der Waals surface area contributed by atoms with Gasteiger partial charge in [-0.05, 0) is 67.0 Å². The number of benzene rings is 1. The average molecular weight is 279 g/mol. The van der Waals surface area contributed by atoms with Gasteiger partial charge in [-0.15, -0.1) is 0 Å². The molecule has 1 aromatic carbocycles. The summed E-state index contributed by atoms with van der Waals surface area (Å²) in [6.07, 6.45) is 1.07. The molecule has 0 amide bonds. The summed E-state index contributed by atoms with van der Waals surface area (Å²) < 4.78 is 13.5. The second kappa shape index (κ2) is 6.71. The van der Waals surface area contributed by atoms with Crippen molar-refractivity contribution in [3.8, 4) is 0 Å². The molecule has 0 heterocycles. The molecular formula is C18H30FN. The molecule has 0 saturated carbocycles. The van der Waals surface area contributed by atoms with Gasteiger partial charge in [0.2, 0.25) is 0 Å². The molecule has 0 aliphatic heterocycles. The van der Waals surface area contributed by atoms with Gasteiger partial charge >= 0.3 is 0 Å². The Morgan fingerprint density at radius 3 is 2.05 bits per heavy atom. The predicted molar refractivity (Wildman–Crippen MR) is 85.5 cm³/mol. The van der Waals surface area contributed by atoms with E-state index >= 15 is 0 Å². The number of aryl methyl sites for hydroxylation is 2. The van der Waals surface area contributed by atoms with Crippen molar-refractivity contribution in [1.82, 2.24) is 5.32 Å². The van der Waals surface area contributed by atoms with E-state index in [1.807, 2.05) is 13.8 Å². The van der Waals surface area contributed by atoms with Crippen LogP contribution in [-0.4, -0.2) is 6.54 Å². The van der Waals surface area contributed by atoms with Gasteiger partial charge in [0.25, 0.3) is 0 Å². The van der Waals surface area contributed by atoms with E-state index in [0.29, 0.717) is 12.0 Å². The van der Waals surface area contributed by atoms with E-state index in [1.54, 1.807) is 12.1 Å². The first-order chi connectivity index (χ1) is 9.16. The van der Waals surface area contributed by atoms with Gasteiger partial charge in [0, 0.05) is 6.04 Å². The summed E-state index contributed by atoms with van der Waals surface area (Å²) in [6, 6.07) is 3.60. The third kappa shape index (κ3) is 4.31. The fraction of sp³-hybridized carbons (Fsp3) is 0.667. The molecule has 0 spiro atoms. The molecule has 0 aromatic heterocycles. The van der Waals surface area contributed by atoms with E-state index in [9.17, 15) is 4.39 Å². The van der Waals surface area contributed by atoms with Gasteiger partial charge in [0.05, 0.1) is 0 Å². The molecule has 2 heteroatoms. The highest BCUT2D eigenvalue weighted by atomic mass is 19.1. The quantitative estimate of drug-likeness (QED) is 0.784. The van der Waals surface area contributed by atoms with E-state index < -0.39 is 0 Å². The Morgan fingerprint density at radius 1 is 1.15 bits per heavy atom. The SMILES string of the molecule is CCNC(CC(C)C(C)(C)C)c1c(C)cc(F)cc1C. The van der Waals surface area contributed by atoms with Crippen LogP contribution >= 0.6 is 0 Å². The van der Waals surface area contributed by atoms with Gasteiger partial charge in [0.1, 0.15) is 5.82 Å². The number of hydrogen-bond acceptors (Lipinski definition) is 1. The summed E-state index contributed by atoms with van der Waals surface area (Å²) >= 11 is 0. The van der Waals surface area contributed by atoms with E-state index in [-0.39, 0.29) is 11.2 Å². The third-order valence-electron chi connectivity index (χ3n) is 4.43. The van der Waals surface area contributed by atoms with Crippen LogP contribution in [0.1, 0.15) is 63.8 Å². The largest absolute Gasteiger partial charge is 0.310 e. The van der Waals surface area contributed by atoms with Gasteiger partial charge in [0.15, 0.2) is 0 Å². The lowest BCUT2D eigenvalue weighted by Crippen LogP contribution is -2.28. The maximum Gasteiger partial charge on any atom is 0.123 e. The van der Waals surface area contributed by atoms with Crippen molar-refractivity contribution in [3.05, 3.63) is 34.6 Å². The molecule has 2 unspecified atom stereocenters. The van der Waals surface area contributed by atoms with Gasteiger partial charge in [-0.1, -0.05) is 34.6 Å². The minimum atomic E-state index is -0.136. The van der Waals surface area contributed by atoms with Crippen LogP contribution < -0.4 is 5.32 Å². The third-order valence-corrected chi connectivity index (χ3v) is 4.43. The average Bonchev–Trinajstić information content (AvgIpc) is 2.26. The lowest BCUT2D eigenvalue weighted by Gasteiger charge is -2.32. The Hall–Kier alpha value is -0.890. The summed E-state index contributed by atoms with van der Waals surface area (Å²) in [5.74, 6) is 0.457. The Kier molecular flexibility index (Phi) is 5.76. The molecule has 0 bridgehead atoms. The van der Waals surface area contributed by atoms with Crippen molar-refractivity contribution in [3.63, 3.8) is 0 Å². The summed E-state index contributed by atoms with van der Waals surface area (Å²) in [5, 5.41) is 3.58. The zero-order valence-corrected chi connectivity index (χ0v) is 14.1. The van der Waals surface area contributed by atoms with Crippen LogP contribution in [0.15, 0.2) is 12.1 Å². The standard InChI is InChI=1S/C18H30FN/c1-8-20-16(11-14(4)18(5,6)7)17-12(2)9-15(19)10-13(17)3/h9-10,14,16,20H,8,11H2,1-7H3. The first-order valence-electron chi connectivity index (χ1n) is 7.66. The predicted octanol–water partition coefficient (Wildman–Crippen LogP) is 5.17. The monoisotopic (exact) mass is 279 g/mol. The van der Waals surface area contributed by atoms with Crippen LogP contribution in [0.2, 0.25) is 0 Å². The molecule has 0 aliphatic rings. The van der Waals surface area contributed by atoms with Crippen molar-refractivity contribution in [2.45, 2.75) is 60.9 Å². The Labute approximate surface area is 124 Å². The van der Waals surface area contributed by atoms with Crippen LogP contribution in [-0.2, 0) is 0 Å². The molecular weight excluding hydrogens is 249 g/mol. The lowest BCUT2D eigenvalue weighted by atomic mass is 9.76. The zero-order valence-electron chi connectivity index (χ0n) is 14.1. The van der Waals surface area contributed by atoms with Crippen LogP contribution in [0.3, 0.4) is 0 Å². The van der Waals surface area contributed by atoms with Gasteiger partial charge in [-0.3, -0.25) is 0 Å². The molecule has 0 fully saturated rings. The number of rotatable bonds is 5. The van der Waals surface area contributed by atoms with Crippen molar-refractivity contribution >= 4 is 0 Å². The molecule has 1 rings (SSSR count). The summed E-state index contributed by atoms with van der Waals surface area (Å²) in [4.78, 5) is 0. The molecule has 1 nitrogen and oxygen atoms in total. The van der Waals surface area contributed by atoms with Gasteiger partial charge < -0.3 is 5.32 Å². The highest BCUT2D eigenvalue weighted by Crippen LogP contribution is 2.35. The van der Waals surface area contributed by atoms with Crippen LogP contribution in [0.5, 0.6) is 0 Å². The molecule has 1 aromatic rings. The van der Waals surface area contributed by atoms with Gasteiger partial charge in [-0.2, -0.15) is 0 Å². The Balaban J connectivity index is 3.09. The van der Waals surface area contributed by atoms with E-state index in [0.717, 1.165) is 24.1 Å². The van der Waals surface area contributed by atoms with E-state index in [1.165, 1.54) is 5.56 Å². The molecule has 0 saturated heterocycles. The van der Waals surface area contributed by atoms with E-state index in [2.05, 4.69) is 39.9 Å².